The summed E-state index contributed by atoms with van der Waals surface area (Å²) in [6.45, 7) is 1.20. The van der Waals surface area contributed by atoms with Gasteiger partial charge < -0.3 is 20.3 Å². The van der Waals surface area contributed by atoms with E-state index in [9.17, 15) is 14.4 Å². The van der Waals surface area contributed by atoms with E-state index in [1.807, 2.05) is 53.4 Å². The predicted octanol–water partition coefficient (Wildman–Crippen LogP) is 2.47. The number of ether oxygens (including phenoxy) is 1. The fraction of sp³-hybridized carbons (Fsp3) is 0.375. The maximum absolute atomic E-state index is 12.9. The number of likely N-dealkylation sites (tertiary alicyclic amines) is 1. The van der Waals surface area contributed by atoms with Gasteiger partial charge in [-0.3, -0.25) is 14.4 Å². The lowest BCUT2D eigenvalue weighted by atomic mass is 9.89. The van der Waals surface area contributed by atoms with Gasteiger partial charge in [0.2, 0.25) is 17.7 Å². The third-order valence-electron chi connectivity index (χ3n) is 6.04. The molecular formula is C24H27N3O4. The zero-order valence-corrected chi connectivity index (χ0v) is 17.6. The molecule has 0 spiro atoms. The minimum atomic E-state index is -0.477. The van der Waals surface area contributed by atoms with E-state index in [1.165, 1.54) is 0 Å². The molecule has 7 heteroatoms. The van der Waals surface area contributed by atoms with Crippen LogP contribution in [0.2, 0.25) is 0 Å². The van der Waals surface area contributed by atoms with E-state index in [-0.39, 0.29) is 30.2 Å². The van der Waals surface area contributed by atoms with Gasteiger partial charge in [-0.25, -0.2) is 0 Å². The van der Waals surface area contributed by atoms with Crippen LogP contribution in [0.25, 0.3) is 0 Å². The molecule has 0 radical (unpaired) electrons. The number of carbonyl (C=O) groups excluding carboxylic acids is 3. The highest BCUT2D eigenvalue weighted by Crippen LogP contribution is 2.32. The fourth-order valence-corrected chi connectivity index (χ4v) is 4.34. The van der Waals surface area contributed by atoms with Gasteiger partial charge in [0.05, 0.1) is 19.4 Å². The smallest absolute Gasteiger partial charge is 0.228 e. The number of rotatable bonds is 5. The van der Waals surface area contributed by atoms with Crippen LogP contribution >= 0.6 is 0 Å². The fourth-order valence-electron chi connectivity index (χ4n) is 4.34. The topological polar surface area (TPSA) is 87.7 Å². The van der Waals surface area contributed by atoms with Crippen LogP contribution in [0.4, 0.5) is 5.69 Å². The zero-order valence-electron chi connectivity index (χ0n) is 17.6. The van der Waals surface area contributed by atoms with Crippen LogP contribution in [-0.2, 0) is 20.8 Å². The lowest BCUT2D eigenvalue weighted by molar-refractivity contribution is -0.132. The first-order valence-electron chi connectivity index (χ1n) is 10.6. The van der Waals surface area contributed by atoms with Crippen molar-refractivity contribution in [2.24, 2.45) is 0 Å². The van der Waals surface area contributed by atoms with E-state index in [2.05, 4.69) is 10.6 Å². The molecule has 4 rings (SSSR count). The molecule has 162 valence electrons. The van der Waals surface area contributed by atoms with Crippen molar-refractivity contribution in [1.82, 2.24) is 10.2 Å². The van der Waals surface area contributed by atoms with E-state index in [4.69, 9.17) is 4.74 Å². The van der Waals surface area contributed by atoms with E-state index >= 15 is 0 Å². The number of para-hydroxylation sites is 2. The molecule has 1 atom stereocenters. The quantitative estimate of drug-likeness (QED) is 0.776. The van der Waals surface area contributed by atoms with Crippen molar-refractivity contribution >= 4 is 23.4 Å². The van der Waals surface area contributed by atoms with E-state index in [0.717, 1.165) is 16.9 Å². The van der Waals surface area contributed by atoms with Gasteiger partial charge in [0, 0.05) is 36.8 Å². The molecule has 2 aliphatic rings. The number of hydrogen-bond acceptors (Lipinski definition) is 4. The molecule has 0 bridgehead atoms. The van der Waals surface area contributed by atoms with Crippen molar-refractivity contribution in [3.8, 4) is 5.75 Å². The van der Waals surface area contributed by atoms with Gasteiger partial charge in [0.15, 0.2) is 0 Å². The Morgan fingerprint density at radius 1 is 1.10 bits per heavy atom. The Morgan fingerprint density at radius 2 is 1.81 bits per heavy atom. The number of piperidine rings is 1. The van der Waals surface area contributed by atoms with Gasteiger partial charge in [0.25, 0.3) is 0 Å². The normalized spacial score (nSPS) is 18.7. The molecule has 1 unspecified atom stereocenters. The van der Waals surface area contributed by atoms with E-state index in [0.29, 0.717) is 38.0 Å². The number of carbonyl (C=O) groups is 3. The van der Waals surface area contributed by atoms with Crippen molar-refractivity contribution in [3.63, 3.8) is 0 Å². The largest absolute Gasteiger partial charge is 0.496 e. The minimum Gasteiger partial charge on any atom is -0.496 e. The zero-order chi connectivity index (χ0) is 21.8. The Balaban J connectivity index is 1.32. The van der Waals surface area contributed by atoms with Crippen LogP contribution in [0.1, 0.15) is 36.3 Å². The second-order valence-corrected chi connectivity index (χ2v) is 8.04. The molecule has 31 heavy (non-hydrogen) atoms. The molecule has 2 N–H and O–H groups in total. The molecule has 0 aromatic heterocycles. The van der Waals surface area contributed by atoms with Gasteiger partial charge in [-0.2, -0.15) is 0 Å². The predicted molar refractivity (Wildman–Crippen MR) is 117 cm³/mol. The maximum Gasteiger partial charge on any atom is 0.228 e. The van der Waals surface area contributed by atoms with Crippen molar-refractivity contribution < 1.29 is 19.1 Å². The van der Waals surface area contributed by atoms with Gasteiger partial charge in [-0.1, -0.05) is 36.4 Å². The highest BCUT2D eigenvalue weighted by molar-refractivity contribution is 6.01. The summed E-state index contributed by atoms with van der Waals surface area (Å²) in [4.78, 5) is 39.5. The third kappa shape index (κ3) is 4.71. The summed E-state index contributed by atoms with van der Waals surface area (Å²) in [7, 11) is 1.60. The summed E-state index contributed by atoms with van der Waals surface area (Å²) < 4.78 is 5.34. The number of amides is 3. The maximum atomic E-state index is 12.9. The molecule has 1 fully saturated rings. The lowest BCUT2D eigenvalue weighted by Crippen LogP contribution is -2.48. The Bertz CT molecular complexity index is 982. The Kier molecular flexibility index (Phi) is 6.21. The van der Waals surface area contributed by atoms with Gasteiger partial charge >= 0.3 is 0 Å². The molecular weight excluding hydrogens is 394 g/mol. The highest BCUT2D eigenvalue weighted by atomic mass is 16.5. The summed E-state index contributed by atoms with van der Waals surface area (Å²) in [6, 6.07) is 15.0. The van der Waals surface area contributed by atoms with Crippen molar-refractivity contribution in [3.05, 3.63) is 59.7 Å². The molecule has 2 heterocycles. The van der Waals surface area contributed by atoms with Gasteiger partial charge in [-0.15, -0.1) is 0 Å². The Hall–Kier alpha value is -3.35. The van der Waals surface area contributed by atoms with Crippen LogP contribution < -0.4 is 15.4 Å². The summed E-state index contributed by atoms with van der Waals surface area (Å²) >= 11 is 0. The van der Waals surface area contributed by atoms with Crippen molar-refractivity contribution in [2.75, 3.05) is 25.5 Å². The third-order valence-corrected chi connectivity index (χ3v) is 6.04. The average molecular weight is 421 g/mol. The van der Waals surface area contributed by atoms with E-state index in [1.54, 1.807) is 7.11 Å². The molecule has 2 aromatic rings. The molecule has 1 saturated heterocycles. The van der Waals surface area contributed by atoms with Crippen LogP contribution in [0.5, 0.6) is 5.75 Å². The molecule has 0 aliphatic carbocycles. The standard InChI is InChI=1S/C24H27N3O4/c1-31-21-9-5-2-6-16(21)14-23(29)27-12-10-17(11-13-27)25-24(30)19-15-22(28)26-20-8-4-3-7-18(19)20/h2-9,17,19H,10-15H2,1H3,(H,25,30)(H,26,28). The van der Waals surface area contributed by atoms with Gasteiger partial charge in [0.1, 0.15) is 5.75 Å². The number of fused-ring (bicyclic) bond motifs is 1. The second kappa shape index (κ2) is 9.20. The Labute approximate surface area is 181 Å². The first kappa shape index (κ1) is 20.9. The molecule has 3 amide bonds. The molecule has 2 aromatic carbocycles. The number of anilines is 1. The highest BCUT2D eigenvalue weighted by Gasteiger charge is 2.32. The summed E-state index contributed by atoms with van der Waals surface area (Å²) in [5.74, 6) is 0.0359. The summed E-state index contributed by atoms with van der Waals surface area (Å²) in [5, 5.41) is 5.92. The minimum absolute atomic E-state index is 0.0000357. The first-order valence-corrected chi connectivity index (χ1v) is 10.6. The number of nitrogens with one attached hydrogen (secondary N) is 2. The average Bonchev–Trinajstić information content (AvgIpc) is 2.79. The summed E-state index contributed by atoms with van der Waals surface area (Å²) in [6.07, 6.45) is 1.85. The van der Waals surface area contributed by atoms with Crippen LogP contribution in [0, 0.1) is 0 Å². The SMILES string of the molecule is COc1ccccc1CC(=O)N1CCC(NC(=O)C2CC(=O)Nc3ccccc32)CC1. The van der Waals surface area contributed by atoms with Crippen LogP contribution in [-0.4, -0.2) is 48.9 Å². The molecule has 7 nitrogen and oxygen atoms in total. The Morgan fingerprint density at radius 3 is 2.58 bits per heavy atom. The second-order valence-electron chi connectivity index (χ2n) is 8.04. The number of benzene rings is 2. The van der Waals surface area contributed by atoms with E-state index < -0.39 is 5.92 Å². The number of nitrogens with zero attached hydrogens (tertiary/aromatic N) is 1. The summed E-state index contributed by atoms with van der Waals surface area (Å²) in [5.41, 5.74) is 2.43. The number of methoxy groups -OCH3 is 1. The number of hydrogen-bond donors (Lipinski definition) is 2. The van der Waals surface area contributed by atoms with Gasteiger partial charge in [-0.05, 0) is 30.5 Å². The van der Waals surface area contributed by atoms with Crippen LogP contribution in [0.3, 0.4) is 0 Å². The van der Waals surface area contributed by atoms with Crippen molar-refractivity contribution in [2.45, 2.75) is 37.6 Å². The lowest BCUT2D eigenvalue weighted by Gasteiger charge is -2.34. The molecule has 0 saturated carbocycles. The molecule has 2 aliphatic heterocycles. The van der Waals surface area contributed by atoms with Crippen molar-refractivity contribution in [1.29, 1.82) is 0 Å². The first-order chi connectivity index (χ1) is 15.0. The van der Waals surface area contributed by atoms with Crippen LogP contribution in [0.15, 0.2) is 48.5 Å². The monoisotopic (exact) mass is 421 g/mol.